The molecule has 1 saturated carbocycles. The van der Waals surface area contributed by atoms with E-state index in [1.807, 2.05) is 0 Å². The van der Waals surface area contributed by atoms with Crippen molar-refractivity contribution in [3.8, 4) is 6.07 Å². The van der Waals surface area contributed by atoms with Crippen LogP contribution in [0.2, 0.25) is 0 Å². The molecule has 2 N–H and O–H groups in total. The van der Waals surface area contributed by atoms with E-state index in [0.717, 1.165) is 50.5 Å². The summed E-state index contributed by atoms with van der Waals surface area (Å²) < 4.78 is 0. The number of aliphatic hydroxyl groups excluding tert-OH is 1. The topological polar surface area (TPSA) is 56.0 Å². The smallest absolute Gasteiger partial charge is 0.106 e. The lowest BCUT2D eigenvalue weighted by Gasteiger charge is -2.37. The van der Waals surface area contributed by atoms with Crippen molar-refractivity contribution in [1.29, 1.82) is 5.26 Å². The van der Waals surface area contributed by atoms with E-state index in [9.17, 15) is 5.26 Å². The first-order valence-corrected chi connectivity index (χ1v) is 6.41. The van der Waals surface area contributed by atoms with Crippen LogP contribution >= 0.6 is 0 Å². The largest absolute Gasteiger partial charge is 0.396 e. The molecule has 3 nitrogen and oxygen atoms in total. The van der Waals surface area contributed by atoms with Crippen LogP contribution in [-0.2, 0) is 0 Å². The van der Waals surface area contributed by atoms with Crippen LogP contribution in [0.15, 0.2) is 0 Å². The fraction of sp³-hybridized carbons (Fsp3) is 0.923. The van der Waals surface area contributed by atoms with Gasteiger partial charge in [-0.3, -0.25) is 5.32 Å². The Morgan fingerprint density at radius 3 is 2.50 bits per heavy atom. The summed E-state index contributed by atoms with van der Waals surface area (Å²) in [6.07, 6.45) is 4.95. The average Bonchev–Trinajstić information content (AvgIpc) is 2.30. The number of nitriles is 1. The summed E-state index contributed by atoms with van der Waals surface area (Å²) in [6.45, 7) is 5.48. The van der Waals surface area contributed by atoms with Crippen molar-refractivity contribution < 1.29 is 5.11 Å². The Bertz CT molecular complexity index is 237. The third-order valence-electron chi connectivity index (χ3n) is 3.84. The Morgan fingerprint density at radius 2 is 2.06 bits per heavy atom. The maximum absolute atomic E-state index is 9.29. The molecule has 92 valence electrons. The monoisotopic (exact) mass is 224 g/mol. The zero-order valence-electron chi connectivity index (χ0n) is 10.5. The summed E-state index contributed by atoms with van der Waals surface area (Å²) in [5, 5.41) is 21.4. The second kappa shape index (κ2) is 6.22. The molecule has 0 radical (unpaired) electrons. The van der Waals surface area contributed by atoms with Gasteiger partial charge in [0.15, 0.2) is 0 Å². The molecule has 16 heavy (non-hydrogen) atoms. The molecular weight excluding hydrogens is 200 g/mol. The molecule has 0 aromatic carbocycles. The minimum absolute atomic E-state index is 0.198. The zero-order chi connectivity index (χ0) is 12.0. The second-order valence-corrected chi connectivity index (χ2v) is 5.28. The fourth-order valence-corrected chi connectivity index (χ4v) is 2.53. The van der Waals surface area contributed by atoms with Crippen molar-refractivity contribution in [2.24, 2.45) is 11.8 Å². The van der Waals surface area contributed by atoms with Gasteiger partial charge in [0.25, 0.3) is 0 Å². The van der Waals surface area contributed by atoms with E-state index in [1.165, 1.54) is 0 Å². The van der Waals surface area contributed by atoms with E-state index in [2.05, 4.69) is 25.2 Å². The maximum atomic E-state index is 9.29. The summed E-state index contributed by atoms with van der Waals surface area (Å²) >= 11 is 0. The molecule has 3 heteroatoms. The number of hydrogen-bond donors (Lipinski definition) is 2. The molecule has 0 bridgehead atoms. The Kier molecular flexibility index (Phi) is 5.24. The minimum Gasteiger partial charge on any atom is -0.396 e. The van der Waals surface area contributed by atoms with E-state index in [4.69, 9.17) is 5.11 Å². The van der Waals surface area contributed by atoms with Crippen LogP contribution in [-0.4, -0.2) is 23.8 Å². The van der Waals surface area contributed by atoms with Gasteiger partial charge in [-0.2, -0.15) is 5.26 Å². The van der Waals surface area contributed by atoms with E-state index in [1.54, 1.807) is 0 Å². The van der Waals surface area contributed by atoms with Gasteiger partial charge in [-0.05, 0) is 50.5 Å². The zero-order valence-corrected chi connectivity index (χ0v) is 10.5. The van der Waals surface area contributed by atoms with Gasteiger partial charge in [0.05, 0.1) is 6.07 Å². The molecule has 0 aromatic rings. The number of hydrogen-bond acceptors (Lipinski definition) is 3. The SMILES string of the molecule is CC(C)C1CCC(C#N)(NCCCO)CC1. The number of rotatable bonds is 5. The van der Waals surface area contributed by atoms with Crippen LogP contribution in [0.1, 0.15) is 46.0 Å². The molecule has 0 spiro atoms. The molecule has 1 rings (SSSR count). The second-order valence-electron chi connectivity index (χ2n) is 5.28. The first-order valence-electron chi connectivity index (χ1n) is 6.41. The van der Waals surface area contributed by atoms with Crippen LogP contribution < -0.4 is 5.32 Å². The van der Waals surface area contributed by atoms with E-state index < -0.39 is 0 Å². The summed E-state index contributed by atoms with van der Waals surface area (Å²) in [5.41, 5.74) is -0.319. The Hall–Kier alpha value is -0.590. The quantitative estimate of drug-likeness (QED) is 0.703. The average molecular weight is 224 g/mol. The van der Waals surface area contributed by atoms with Crippen LogP contribution in [0.25, 0.3) is 0 Å². The maximum Gasteiger partial charge on any atom is 0.106 e. The third kappa shape index (κ3) is 3.47. The molecular formula is C13H24N2O. The van der Waals surface area contributed by atoms with Gasteiger partial charge in [-0.1, -0.05) is 13.8 Å². The van der Waals surface area contributed by atoms with Crippen molar-refractivity contribution in [2.45, 2.75) is 51.5 Å². The Labute approximate surface area is 98.8 Å². The molecule has 1 aliphatic rings. The lowest BCUT2D eigenvalue weighted by atomic mass is 9.73. The van der Waals surface area contributed by atoms with Crippen molar-refractivity contribution in [3.63, 3.8) is 0 Å². The van der Waals surface area contributed by atoms with Crippen LogP contribution in [0.4, 0.5) is 0 Å². The molecule has 0 saturated heterocycles. The molecule has 0 heterocycles. The fourth-order valence-electron chi connectivity index (χ4n) is 2.53. The molecule has 1 aliphatic carbocycles. The lowest BCUT2D eigenvalue weighted by molar-refractivity contribution is 0.195. The third-order valence-corrected chi connectivity index (χ3v) is 3.84. The van der Waals surface area contributed by atoms with Crippen LogP contribution in [0.3, 0.4) is 0 Å². The molecule has 0 amide bonds. The van der Waals surface area contributed by atoms with Gasteiger partial charge in [0, 0.05) is 6.61 Å². The normalized spacial score (nSPS) is 30.3. The molecule has 0 aliphatic heterocycles. The highest BCUT2D eigenvalue weighted by atomic mass is 16.3. The summed E-state index contributed by atoms with van der Waals surface area (Å²) in [4.78, 5) is 0. The minimum atomic E-state index is -0.319. The standard InChI is InChI=1S/C13H24N2O/c1-11(2)12-4-6-13(10-14,7-5-12)15-8-3-9-16/h11-12,15-16H,3-9H2,1-2H3. The van der Waals surface area contributed by atoms with Gasteiger partial charge < -0.3 is 5.11 Å². The van der Waals surface area contributed by atoms with E-state index >= 15 is 0 Å². The van der Waals surface area contributed by atoms with Crippen LogP contribution in [0.5, 0.6) is 0 Å². The highest BCUT2D eigenvalue weighted by molar-refractivity contribution is 5.09. The number of nitrogens with zero attached hydrogens (tertiary/aromatic N) is 1. The Morgan fingerprint density at radius 1 is 1.44 bits per heavy atom. The summed E-state index contributed by atoms with van der Waals surface area (Å²) in [6, 6.07) is 2.44. The summed E-state index contributed by atoms with van der Waals surface area (Å²) in [5.74, 6) is 1.51. The van der Waals surface area contributed by atoms with Crippen molar-refractivity contribution in [2.75, 3.05) is 13.2 Å². The predicted molar refractivity (Wildman–Crippen MR) is 64.8 cm³/mol. The first-order chi connectivity index (χ1) is 7.63. The highest BCUT2D eigenvalue weighted by Gasteiger charge is 2.35. The first kappa shape index (κ1) is 13.5. The van der Waals surface area contributed by atoms with Gasteiger partial charge >= 0.3 is 0 Å². The highest BCUT2D eigenvalue weighted by Crippen LogP contribution is 2.35. The number of aliphatic hydroxyl groups is 1. The number of nitrogens with one attached hydrogen (secondary N) is 1. The molecule has 1 fully saturated rings. The Balaban J connectivity index is 2.43. The van der Waals surface area contributed by atoms with E-state index in [0.29, 0.717) is 0 Å². The van der Waals surface area contributed by atoms with Gasteiger partial charge in [0.1, 0.15) is 5.54 Å². The van der Waals surface area contributed by atoms with Gasteiger partial charge in [0.2, 0.25) is 0 Å². The van der Waals surface area contributed by atoms with Gasteiger partial charge in [-0.25, -0.2) is 0 Å². The van der Waals surface area contributed by atoms with E-state index in [-0.39, 0.29) is 12.1 Å². The molecule has 0 atom stereocenters. The van der Waals surface area contributed by atoms with Crippen LogP contribution in [0, 0.1) is 23.2 Å². The van der Waals surface area contributed by atoms with Crippen molar-refractivity contribution >= 4 is 0 Å². The van der Waals surface area contributed by atoms with Crippen molar-refractivity contribution in [3.05, 3.63) is 0 Å². The lowest BCUT2D eigenvalue weighted by Crippen LogP contribution is -2.47. The predicted octanol–water partition coefficient (Wildman–Crippen LogP) is 2.07. The van der Waals surface area contributed by atoms with Gasteiger partial charge in [-0.15, -0.1) is 0 Å². The molecule has 0 unspecified atom stereocenters. The van der Waals surface area contributed by atoms with Crippen molar-refractivity contribution in [1.82, 2.24) is 5.32 Å². The summed E-state index contributed by atoms with van der Waals surface area (Å²) in [7, 11) is 0. The molecule has 0 aromatic heterocycles.